The second-order valence-electron chi connectivity index (χ2n) is 9.96. The fraction of sp³-hybridized carbons (Fsp3) is 0.500. The van der Waals surface area contributed by atoms with Gasteiger partial charge in [-0.25, -0.2) is 0 Å². The number of carbonyl (C=O) groups excluding carboxylic acids is 1. The largest absolute Gasteiger partial charge is 0.492 e. The lowest BCUT2D eigenvalue weighted by Gasteiger charge is -2.22. The first-order chi connectivity index (χ1) is 13.5. The van der Waals surface area contributed by atoms with Crippen molar-refractivity contribution in [3.63, 3.8) is 0 Å². The standard InChI is InChI=1S/C26H35NO2/c1-15(2)19-9-11-20(12-10-19)21-14-29-25-18(5)24(17(4)16(3)23(21)25)27-22(28)13-26(6,7)8/h9-12,15,21H,13-14H2,1-8H3,(H,27,28). The molecule has 3 heteroatoms. The Labute approximate surface area is 175 Å². The molecule has 0 aliphatic carbocycles. The van der Waals surface area contributed by atoms with Gasteiger partial charge in [-0.2, -0.15) is 0 Å². The summed E-state index contributed by atoms with van der Waals surface area (Å²) in [6, 6.07) is 8.94. The number of nitrogens with one attached hydrogen (secondary N) is 1. The summed E-state index contributed by atoms with van der Waals surface area (Å²) < 4.78 is 6.18. The first-order valence-corrected chi connectivity index (χ1v) is 10.7. The third-order valence-electron chi connectivity index (χ3n) is 6.01. The van der Waals surface area contributed by atoms with Gasteiger partial charge in [0.25, 0.3) is 0 Å². The number of amides is 1. The van der Waals surface area contributed by atoms with Crippen LogP contribution in [-0.2, 0) is 4.79 Å². The Hall–Kier alpha value is -2.29. The van der Waals surface area contributed by atoms with Crippen molar-refractivity contribution in [2.75, 3.05) is 11.9 Å². The molecule has 2 aromatic rings. The van der Waals surface area contributed by atoms with Crippen LogP contribution < -0.4 is 10.1 Å². The number of hydrogen-bond acceptors (Lipinski definition) is 2. The molecule has 0 saturated carbocycles. The lowest BCUT2D eigenvalue weighted by Crippen LogP contribution is -2.21. The van der Waals surface area contributed by atoms with Gasteiger partial charge in [-0.15, -0.1) is 0 Å². The maximum absolute atomic E-state index is 12.6. The van der Waals surface area contributed by atoms with E-state index in [2.05, 4.69) is 85.0 Å². The first kappa shape index (κ1) is 21.4. The molecule has 1 heterocycles. The Balaban J connectivity index is 1.96. The molecule has 0 saturated heterocycles. The Morgan fingerprint density at radius 1 is 1.07 bits per heavy atom. The molecule has 0 spiro atoms. The van der Waals surface area contributed by atoms with E-state index >= 15 is 0 Å². The van der Waals surface area contributed by atoms with Crippen molar-refractivity contribution in [3.05, 3.63) is 57.6 Å². The predicted octanol–water partition coefficient (Wildman–Crippen LogP) is 6.63. The molecule has 3 rings (SSSR count). The predicted molar refractivity (Wildman–Crippen MR) is 121 cm³/mol. The molecular weight excluding hydrogens is 358 g/mol. The van der Waals surface area contributed by atoms with Gasteiger partial charge in [0.05, 0.1) is 12.3 Å². The van der Waals surface area contributed by atoms with Crippen LogP contribution in [0.5, 0.6) is 5.75 Å². The number of anilines is 1. The van der Waals surface area contributed by atoms with E-state index in [1.54, 1.807) is 0 Å². The van der Waals surface area contributed by atoms with Crippen LogP contribution in [0.2, 0.25) is 0 Å². The second-order valence-corrected chi connectivity index (χ2v) is 9.96. The molecule has 0 aromatic heterocycles. The van der Waals surface area contributed by atoms with Crippen LogP contribution in [0.4, 0.5) is 5.69 Å². The third-order valence-corrected chi connectivity index (χ3v) is 6.01. The van der Waals surface area contributed by atoms with Crippen LogP contribution in [0.15, 0.2) is 24.3 Å². The van der Waals surface area contributed by atoms with Crippen molar-refractivity contribution < 1.29 is 9.53 Å². The summed E-state index contributed by atoms with van der Waals surface area (Å²) in [5, 5.41) is 3.16. The van der Waals surface area contributed by atoms with Crippen LogP contribution in [0.1, 0.15) is 86.3 Å². The van der Waals surface area contributed by atoms with Gasteiger partial charge in [0, 0.05) is 23.5 Å². The number of benzene rings is 2. The maximum Gasteiger partial charge on any atom is 0.224 e. The summed E-state index contributed by atoms with van der Waals surface area (Å²) in [5.41, 5.74) is 8.17. The first-order valence-electron chi connectivity index (χ1n) is 10.7. The highest BCUT2D eigenvalue weighted by Gasteiger charge is 2.32. The van der Waals surface area contributed by atoms with Gasteiger partial charge in [0.15, 0.2) is 0 Å². The minimum absolute atomic E-state index is 0.0403. The van der Waals surface area contributed by atoms with Crippen LogP contribution in [0.3, 0.4) is 0 Å². The van der Waals surface area contributed by atoms with E-state index < -0.39 is 0 Å². The van der Waals surface area contributed by atoms with Crippen LogP contribution in [0, 0.1) is 26.2 Å². The van der Waals surface area contributed by atoms with Crippen molar-refractivity contribution in [1.82, 2.24) is 0 Å². The van der Waals surface area contributed by atoms with E-state index in [1.807, 2.05) is 0 Å². The molecule has 1 aliphatic heterocycles. The van der Waals surface area contributed by atoms with Crippen molar-refractivity contribution in [3.8, 4) is 5.75 Å². The van der Waals surface area contributed by atoms with Gasteiger partial charge in [-0.05, 0) is 54.4 Å². The van der Waals surface area contributed by atoms with Crippen LogP contribution in [-0.4, -0.2) is 12.5 Å². The van der Waals surface area contributed by atoms with Crippen molar-refractivity contribution >= 4 is 11.6 Å². The summed E-state index contributed by atoms with van der Waals surface area (Å²) in [7, 11) is 0. The fourth-order valence-electron chi connectivity index (χ4n) is 4.24. The Morgan fingerprint density at radius 2 is 1.69 bits per heavy atom. The van der Waals surface area contributed by atoms with Crippen molar-refractivity contribution in [2.45, 2.75) is 73.6 Å². The Morgan fingerprint density at radius 3 is 2.24 bits per heavy atom. The molecule has 0 radical (unpaired) electrons. The second kappa shape index (κ2) is 7.85. The molecule has 1 unspecified atom stereocenters. The smallest absolute Gasteiger partial charge is 0.224 e. The summed E-state index contributed by atoms with van der Waals surface area (Å²) in [6.45, 7) is 17.6. The van der Waals surface area contributed by atoms with Gasteiger partial charge in [-0.1, -0.05) is 58.9 Å². The maximum atomic E-state index is 12.6. The van der Waals surface area contributed by atoms with Crippen LogP contribution in [0.25, 0.3) is 0 Å². The van der Waals surface area contributed by atoms with Crippen molar-refractivity contribution in [1.29, 1.82) is 0 Å². The average Bonchev–Trinajstić information content (AvgIpc) is 3.07. The van der Waals surface area contributed by atoms with E-state index in [0.29, 0.717) is 18.9 Å². The molecule has 29 heavy (non-hydrogen) atoms. The highest BCUT2D eigenvalue weighted by molar-refractivity contribution is 5.94. The van der Waals surface area contributed by atoms with Gasteiger partial charge in [0.1, 0.15) is 5.75 Å². The lowest BCUT2D eigenvalue weighted by atomic mass is 9.85. The molecule has 1 atom stereocenters. The lowest BCUT2D eigenvalue weighted by molar-refractivity contribution is -0.117. The molecule has 2 aromatic carbocycles. The van der Waals surface area contributed by atoms with Gasteiger partial charge < -0.3 is 10.1 Å². The topological polar surface area (TPSA) is 38.3 Å². The van der Waals surface area contributed by atoms with Gasteiger partial charge >= 0.3 is 0 Å². The monoisotopic (exact) mass is 393 g/mol. The minimum Gasteiger partial charge on any atom is -0.492 e. The van der Waals surface area contributed by atoms with E-state index in [1.165, 1.54) is 22.3 Å². The molecular formula is C26H35NO2. The molecule has 3 nitrogen and oxygen atoms in total. The number of ether oxygens (including phenoxy) is 1. The summed E-state index contributed by atoms with van der Waals surface area (Å²) in [5.74, 6) is 1.77. The summed E-state index contributed by atoms with van der Waals surface area (Å²) >= 11 is 0. The minimum atomic E-state index is -0.0403. The SMILES string of the molecule is Cc1c(C)c2c(c(C)c1NC(=O)CC(C)(C)C)OCC2c1ccc(C(C)C)cc1. The molecule has 1 N–H and O–H groups in total. The zero-order valence-electron chi connectivity index (χ0n) is 19.2. The van der Waals surface area contributed by atoms with Gasteiger partial charge in [-0.3, -0.25) is 4.79 Å². The average molecular weight is 394 g/mol. The quantitative estimate of drug-likeness (QED) is 0.633. The fourth-order valence-corrected chi connectivity index (χ4v) is 4.24. The molecule has 0 fully saturated rings. The number of carbonyl (C=O) groups is 1. The van der Waals surface area contributed by atoms with E-state index in [0.717, 1.165) is 22.6 Å². The summed E-state index contributed by atoms with van der Waals surface area (Å²) in [6.07, 6.45) is 0.494. The third kappa shape index (κ3) is 4.34. The number of fused-ring (bicyclic) bond motifs is 1. The van der Waals surface area contributed by atoms with E-state index in [9.17, 15) is 4.79 Å². The highest BCUT2D eigenvalue weighted by Crippen LogP contribution is 2.47. The normalized spacial score (nSPS) is 16.0. The number of rotatable bonds is 4. The van der Waals surface area contributed by atoms with E-state index in [4.69, 9.17) is 4.74 Å². The van der Waals surface area contributed by atoms with E-state index in [-0.39, 0.29) is 17.2 Å². The molecule has 1 aliphatic rings. The molecule has 156 valence electrons. The zero-order valence-corrected chi connectivity index (χ0v) is 19.2. The van der Waals surface area contributed by atoms with Crippen LogP contribution >= 0.6 is 0 Å². The van der Waals surface area contributed by atoms with Crippen molar-refractivity contribution in [2.24, 2.45) is 5.41 Å². The molecule has 1 amide bonds. The molecule has 0 bridgehead atoms. The zero-order chi connectivity index (χ0) is 21.5. The Bertz CT molecular complexity index is 917. The number of hydrogen-bond donors (Lipinski definition) is 1. The Kier molecular flexibility index (Phi) is 5.80. The van der Waals surface area contributed by atoms with Gasteiger partial charge in [0.2, 0.25) is 5.91 Å². The highest BCUT2D eigenvalue weighted by atomic mass is 16.5. The summed E-state index contributed by atoms with van der Waals surface area (Å²) in [4.78, 5) is 12.6.